The molecule has 0 saturated heterocycles. The number of nitrogens with one attached hydrogen (secondary N) is 1. The van der Waals surface area contributed by atoms with Gasteiger partial charge in [0.25, 0.3) is 11.5 Å². The highest BCUT2D eigenvalue weighted by atomic mass is 16.2. The number of fused-ring (bicyclic) bond motifs is 4. The standard InChI is InChI=1S/C30H29N3O3/c1-18(34)19-6-5-7-20(14-19)24-16-22-17-33(13-12-28(22)32(2)30(24)36)29(35)21-10-11-27-25(15-21)23-8-3-4-9-26(23)31-27/h5-7,10-11,14-16,31H,3-4,8-9,12-13,17H2,1-2H3. The van der Waals surface area contributed by atoms with Crippen LogP contribution in [0.5, 0.6) is 0 Å². The summed E-state index contributed by atoms with van der Waals surface area (Å²) in [5, 5.41) is 1.17. The van der Waals surface area contributed by atoms with Crippen molar-refractivity contribution < 1.29 is 9.59 Å². The molecular formula is C30H29N3O3. The van der Waals surface area contributed by atoms with E-state index in [1.807, 2.05) is 35.2 Å². The molecule has 36 heavy (non-hydrogen) atoms. The number of ketones is 1. The van der Waals surface area contributed by atoms with Crippen LogP contribution in [0.1, 0.15) is 63.0 Å². The summed E-state index contributed by atoms with van der Waals surface area (Å²) in [4.78, 5) is 44.0. The number of rotatable bonds is 3. The minimum absolute atomic E-state index is 0.0160. The maximum Gasteiger partial charge on any atom is 0.258 e. The molecule has 1 N–H and O–H groups in total. The molecule has 0 fully saturated rings. The largest absolute Gasteiger partial charge is 0.358 e. The van der Waals surface area contributed by atoms with Crippen LogP contribution in [0.25, 0.3) is 22.0 Å². The van der Waals surface area contributed by atoms with Crippen molar-refractivity contribution in [2.24, 2.45) is 7.05 Å². The number of pyridine rings is 1. The van der Waals surface area contributed by atoms with Crippen molar-refractivity contribution in [2.75, 3.05) is 6.54 Å². The lowest BCUT2D eigenvalue weighted by Gasteiger charge is -2.30. The summed E-state index contributed by atoms with van der Waals surface area (Å²) in [6.45, 7) is 2.54. The lowest BCUT2D eigenvalue weighted by Crippen LogP contribution is -2.39. The highest BCUT2D eigenvalue weighted by Gasteiger charge is 2.26. The number of hydrogen-bond acceptors (Lipinski definition) is 3. The maximum atomic E-state index is 13.6. The molecule has 1 aliphatic carbocycles. The second-order valence-electron chi connectivity index (χ2n) is 10.1. The zero-order valence-electron chi connectivity index (χ0n) is 20.7. The topological polar surface area (TPSA) is 75.2 Å². The quantitative estimate of drug-likeness (QED) is 0.429. The van der Waals surface area contributed by atoms with Crippen molar-refractivity contribution in [1.29, 1.82) is 0 Å². The Morgan fingerprint density at radius 3 is 2.61 bits per heavy atom. The van der Waals surface area contributed by atoms with Crippen LogP contribution in [-0.4, -0.2) is 32.7 Å². The molecule has 0 unspecified atom stereocenters. The molecule has 0 saturated carbocycles. The summed E-state index contributed by atoms with van der Waals surface area (Å²) >= 11 is 0. The molecule has 2 aliphatic rings. The number of nitrogens with zero attached hydrogens (tertiary/aromatic N) is 2. The van der Waals surface area contributed by atoms with Gasteiger partial charge in [-0.15, -0.1) is 0 Å². The van der Waals surface area contributed by atoms with Crippen LogP contribution in [0.2, 0.25) is 0 Å². The third-order valence-corrected chi connectivity index (χ3v) is 7.82. The summed E-state index contributed by atoms with van der Waals surface area (Å²) in [7, 11) is 1.79. The predicted octanol–water partition coefficient (Wildman–Crippen LogP) is 4.81. The zero-order valence-corrected chi connectivity index (χ0v) is 20.7. The van der Waals surface area contributed by atoms with E-state index in [2.05, 4.69) is 4.98 Å². The van der Waals surface area contributed by atoms with E-state index in [1.54, 1.807) is 29.8 Å². The normalized spacial score (nSPS) is 15.0. The highest BCUT2D eigenvalue weighted by molar-refractivity contribution is 5.99. The van der Waals surface area contributed by atoms with Gasteiger partial charge in [0.2, 0.25) is 0 Å². The lowest BCUT2D eigenvalue weighted by atomic mass is 9.95. The Morgan fingerprint density at radius 1 is 0.944 bits per heavy atom. The van der Waals surface area contributed by atoms with Gasteiger partial charge in [-0.05, 0) is 79.6 Å². The molecule has 0 radical (unpaired) electrons. The van der Waals surface area contributed by atoms with E-state index < -0.39 is 0 Å². The van der Waals surface area contributed by atoms with E-state index in [1.165, 1.54) is 36.4 Å². The number of aromatic amines is 1. The van der Waals surface area contributed by atoms with Gasteiger partial charge >= 0.3 is 0 Å². The average molecular weight is 480 g/mol. The number of H-pyrrole nitrogens is 1. The minimum Gasteiger partial charge on any atom is -0.358 e. The number of Topliss-reactive ketones (excluding diaryl/α,β-unsaturated/α-hetero) is 1. The Kier molecular flexibility index (Phi) is 5.40. The van der Waals surface area contributed by atoms with Gasteiger partial charge < -0.3 is 14.5 Å². The van der Waals surface area contributed by atoms with Crippen molar-refractivity contribution in [3.8, 4) is 11.1 Å². The molecule has 0 atom stereocenters. The monoisotopic (exact) mass is 479 g/mol. The molecule has 6 heteroatoms. The lowest BCUT2D eigenvalue weighted by molar-refractivity contribution is 0.0732. The predicted molar refractivity (Wildman–Crippen MR) is 141 cm³/mol. The number of amides is 1. The summed E-state index contributed by atoms with van der Waals surface area (Å²) in [6.07, 6.45) is 5.17. The van der Waals surface area contributed by atoms with Crippen molar-refractivity contribution in [1.82, 2.24) is 14.5 Å². The third kappa shape index (κ3) is 3.68. The van der Waals surface area contributed by atoms with Crippen molar-refractivity contribution in [3.63, 3.8) is 0 Å². The SMILES string of the molecule is CC(=O)c1cccc(-c2cc3c(n(C)c2=O)CCN(C(=O)c2ccc4[nH]c5c(c4c2)CCCC5)C3)c1. The molecule has 3 heterocycles. The molecule has 2 aromatic heterocycles. The van der Waals surface area contributed by atoms with Gasteiger partial charge in [-0.2, -0.15) is 0 Å². The van der Waals surface area contributed by atoms with Crippen LogP contribution in [0.15, 0.2) is 53.3 Å². The number of benzene rings is 2. The smallest absolute Gasteiger partial charge is 0.258 e. The van der Waals surface area contributed by atoms with Crippen molar-refractivity contribution >= 4 is 22.6 Å². The fraction of sp³-hybridized carbons (Fsp3) is 0.300. The van der Waals surface area contributed by atoms with E-state index in [0.29, 0.717) is 36.2 Å². The molecule has 1 aliphatic heterocycles. The summed E-state index contributed by atoms with van der Waals surface area (Å²) in [5.41, 5.74) is 8.19. The molecule has 0 spiro atoms. The second-order valence-corrected chi connectivity index (χ2v) is 10.1. The Bertz CT molecular complexity index is 1610. The van der Waals surface area contributed by atoms with Crippen LogP contribution in [-0.2, 0) is 32.9 Å². The summed E-state index contributed by atoms with van der Waals surface area (Å²) < 4.78 is 1.70. The molecule has 2 aromatic carbocycles. The molecule has 182 valence electrons. The molecule has 6 nitrogen and oxygen atoms in total. The fourth-order valence-electron chi connectivity index (χ4n) is 5.84. The van der Waals surface area contributed by atoms with Gasteiger partial charge in [0.1, 0.15) is 0 Å². The maximum absolute atomic E-state index is 13.6. The van der Waals surface area contributed by atoms with Gasteiger partial charge in [-0.3, -0.25) is 14.4 Å². The highest BCUT2D eigenvalue weighted by Crippen LogP contribution is 2.31. The Labute approximate surface area is 209 Å². The van der Waals surface area contributed by atoms with Gasteiger partial charge in [0.15, 0.2) is 5.78 Å². The van der Waals surface area contributed by atoms with Crippen LogP contribution in [0.4, 0.5) is 0 Å². The Balaban J connectivity index is 1.34. The first kappa shape index (κ1) is 22.5. The van der Waals surface area contributed by atoms with Gasteiger partial charge in [0.05, 0.1) is 0 Å². The van der Waals surface area contributed by atoms with Crippen LogP contribution >= 0.6 is 0 Å². The van der Waals surface area contributed by atoms with Crippen LogP contribution in [0.3, 0.4) is 0 Å². The molecule has 1 amide bonds. The number of carbonyl (C=O) groups is 2. The van der Waals surface area contributed by atoms with E-state index in [0.717, 1.165) is 35.2 Å². The van der Waals surface area contributed by atoms with Gasteiger partial charge in [-0.25, -0.2) is 0 Å². The summed E-state index contributed by atoms with van der Waals surface area (Å²) in [5.74, 6) is -0.0219. The first-order valence-electron chi connectivity index (χ1n) is 12.7. The zero-order chi connectivity index (χ0) is 25.0. The van der Waals surface area contributed by atoms with E-state index >= 15 is 0 Å². The fourth-order valence-corrected chi connectivity index (χ4v) is 5.84. The van der Waals surface area contributed by atoms with Crippen molar-refractivity contribution in [2.45, 2.75) is 45.6 Å². The molecule has 4 aromatic rings. The van der Waals surface area contributed by atoms with Crippen LogP contribution in [0, 0.1) is 0 Å². The summed E-state index contributed by atoms with van der Waals surface area (Å²) in [6, 6.07) is 15.1. The minimum atomic E-state index is -0.0862. The second kappa shape index (κ2) is 8.63. The van der Waals surface area contributed by atoms with Gasteiger partial charge in [-0.1, -0.05) is 18.2 Å². The third-order valence-electron chi connectivity index (χ3n) is 7.82. The van der Waals surface area contributed by atoms with E-state index in [-0.39, 0.29) is 17.2 Å². The van der Waals surface area contributed by atoms with Crippen LogP contribution < -0.4 is 5.56 Å². The Morgan fingerprint density at radius 2 is 1.78 bits per heavy atom. The van der Waals surface area contributed by atoms with Crippen molar-refractivity contribution in [3.05, 3.63) is 92.5 Å². The van der Waals surface area contributed by atoms with E-state index in [9.17, 15) is 14.4 Å². The van der Waals surface area contributed by atoms with Gasteiger partial charge in [0, 0.05) is 65.5 Å². The number of hydrogen-bond donors (Lipinski definition) is 1. The number of aryl methyl sites for hydroxylation is 2. The first-order chi connectivity index (χ1) is 17.4. The number of carbonyl (C=O) groups excluding carboxylic acids is 2. The Hall–Kier alpha value is -3.93. The average Bonchev–Trinajstić information content (AvgIpc) is 3.28. The molecule has 6 rings (SSSR count). The van der Waals surface area contributed by atoms with E-state index in [4.69, 9.17) is 0 Å². The number of aromatic nitrogens is 2. The molecular weight excluding hydrogens is 450 g/mol. The first-order valence-corrected chi connectivity index (χ1v) is 12.7. The molecule has 0 bridgehead atoms.